The number of aromatic nitrogens is 1. The highest BCUT2D eigenvalue weighted by atomic mass is 35.5. The van der Waals surface area contributed by atoms with Crippen LogP contribution in [0.1, 0.15) is 0 Å². The molecule has 0 bridgehead atoms. The molecular formula is C14H8Cl2N2OS2. The fourth-order valence-electron chi connectivity index (χ4n) is 1.73. The number of nitrogens with zero attached hydrogens (tertiary/aromatic N) is 2. The lowest BCUT2D eigenvalue weighted by Gasteiger charge is -2.01. The summed E-state index contributed by atoms with van der Waals surface area (Å²) in [6.07, 6.45) is 0. The Morgan fingerprint density at radius 1 is 0.857 bits per heavy atom. The van der Waals surface area contributed by atoms with Gasteiger partial charge in [-0.1, -0.05) is 23.2 Å². The van der Waals surface area contributed by atoms with E-state index in [2.05, 4.69) is 4.99 Å². The van der Waals surface area contributed by atoms with Gasteiger partial charge in [0, 0.05) is 10.0 Å². The highest BCUT2D eigenvalue weighted by Gasteiger charge is 2.06. The molecule has 2 aromatic carbocycles. The fourth-order valence-corrected chi connectivity index (χ4v) is 3.85. The molecule has 0 spiro atoms. The Kier molecular flexibility index (Phi) is 4.26. The molecule has 0 amide bonds. The highest BCUT2D eigenvalue weighted by molar-refractivity contribution is 7.67. The summed E-state index contributed by atoms with van der Waals surface area (Å²) in [4.78, 5) is 17.1. The molecular weight excluding hydrogens is 347 g/mol. The van der Waals surface area contributed by atoms with Gasteiger partial charge < -0.3 is 0 Å². The molecule has 0 saturated carbocycles. The molecule has 0 unspecified atom stereocenters. The van der Waals surface area contributed by atoms with E-state index >= 15 is 0 Å². The predicted molar refractivity (Wildman–Crippen MR) is 89.5 cm³/mol. The molecule has 1 aromatic heterocycles. The summed E-state index contributed by atoms with van der Waals surface area (Å²) in [5.41, 5.74) is 1.49. The Balaban J connectivity index is 2.15. The summed E-state index contributed by atoms with van der Waals surface area (Å²) in [6.45, 7) is 0. The molecule has 0 radical (unpaired) electrons. The first kappa shape index (κ1) is 14.5. The van der Waals surface area contributed by atoms with Crippen molar-refractivity contribution in [3.05, 3.63) is 73.0 Å². The van der Waals surface area contributed by atoms with E-state index in [-0.39, 0.29) is 4.87 Å². The molecule has 0 saturated heterocycles. The van der Waals surface area contributed by atoms with E-state index in [9.17, 15) is 4.79 Å². The monoisotopic (exact) mass is 354 g/mol. The minimum absolute atomic E-state index is 0.0740. The van der Waals surface area contributed by atoms with Gasteiger partial charge in [0.2, 0.25) is 4.80 Å². The van der Waals surface area contributed by atoms with Crippen molar-refractivity contribution in [2.75, 3.05) is 0 Å². The van der Waals surface area contributed by atoms with E-state index < -0.39 is 0 Å². The Hall–Kier alpha value is -1.40. The van der Waals surface area contributed by atoms with Gasteiger partial charge in [-0.3, -0.25) is 4.79 Å². The normalized spacial score (nSPS) is 11.8. The molecule has 3 rings (SSSR count). The maximum absolute atomic E-state index is 12.0. The molecule has 0 atom stereocenters. The lowest BCUT2D eigenvalue weighted by atomic mass is 10.3. The van der Waals surface area contributed by atoms with Crippen LogP contribution in [0.3, 0.4) is 0 Å². The minimum atomic E-state index is -0.0740. The van der Waals surface area contributed by atoms with Crippen LogP contribution >= 0.6 is 43.9 Å². The van der Waals surface area contributed by atoms with Crippen LogP contribution in [0.4, 0.5) is 5.69 Å². The summed E-state index contributed by atoms with van der Waals surface area (Å²) >= 11 is 11.7. The van der Waals surface area contributed by atoms with Crippen molar-refractivity contribution in [2.45, 2.75) is 0 Å². The summed E-state index contributed by atoms with van der Waals surface area (Å²) in [5, 5.41) is 1.28. The molecule has 0 N–H and O–H groups in total. The fraction of sp³-hybridized carbons (Fsp3) is 0. The highest BCUT2D eigenvalue weighted by Crippen LogP contribution is 2.16. The smallest absolute Gasteiger partial charge is 0.255 e. The largest absolute Gasteiger partial charge is 0.323 e. The van der Waals surface area contributed by atoms with E-state index in [1.54, 1.807) is 41.0 Å². The number of hydrogen-bond acceptors (Lipinski definition) is 4. The van der Waals surface area contributed by atoms with Crippen LogP contribution in [0.2, 0.25) is 10.0 Å². The third kappa shape index (κ3) is 3.27. The van der Waals surface area contributed by atoms with Gasteiger partial charge in [-0.05, 0) is 69.2 Å². The van der Waals surface area contributed by atoms with E-state index in [4.69, 9.17) is 23.2 Å². The number of halogens is 2. The molecule has 3 aromatic rings. The summed E-state index contributed by atoms with van der Waals surface area (Å²) in [7, 11) is 2.48. The molecule has 0 aliphatic rings. The third-order valence-corrected chi connectivity index (χ3v) is 5.16. The van der Waals surface area contributed by atoms with Crippen molar-refractivity contribution in [1.82, 2.24) is 4.57 Å². The van der Waals surface area contributed by atoms with Crippen molar-refractivity contribution in [3.8, 4) is 5.69 Å². The van der Waals surface area contributed by atoms with Crippen LogP contribution in [0.5, 0.6) is 0 Å². The molecule has 7 heteroatoms. The molecule has 3 nitrogen and oxygen atoms in total. The SMILES string of the molecule is O=c1ssc(=Nc2ccc(Cl)cc2)n1-c1ccc(Cl)cc1. The zero-order chi connectivity index (χ0) is 14.8. The van der Waals surface area contributed by atoms with Gasteiger partial charge in [-0.2, -0.15) is 0 Å². The Bertz CT molecular complexity index is 877. The standard InChI is InChI=1S/C14H8Cl2N2OS2/c15-9-1-5-11(6-2-9)17-13-18(14(19)21-20-13)12-7-3-10(16)4-8-12/h1-8H. The number of rotatable bonds is 2. The lowest BCUT2D eigenvalue weighted by molar-refractivity contribution is 0.975. The number of hydrogen-bond donors (Lipinski definition) is 0. The number of benzene rings is 2. The van der Waals surface area contributed by atoms with E-state index in [1.165, 1.54) is 10.3 Å². The van der Waals surface area contributed by atoms with Gasteiger partial charge in [0.25, 0.3) is 0 Å². The first-order valence-electron chi connectivity index (χ1n) is 5.92. The molecule has 0 fully saturated rings. The minimum Gasteiger partial charge on any atom is -0.255 e. The zero-order valence-corrected chi connectivity index (χ0v) is 13.6. The van der Waals surface area contributed by atoms with Crippen LogP contribution < -0.4 is 9.67 Å². The Morgan fingerprint density at radius 3 is 2.05 bits per heavy atom. The maximum atomic E-state index is 12.0. The van der Waals surface area contributed by atoms with Crippen molar-refractivity contribution < 1.29 is 0 Å². The van der Waals surface area contributed by atoms with E-state index in [0.29, 0.717) is 14.8 Å². The van der Waals surface area contributed by atoms with Gasteiger partial charge in [0.1, 0.15) is 0 Å². The van der Waals surface area contributed by atoms with Gasteiger partial charge in [-0.25, -0.2) is 9.56 Å². The second-order valence-electron chi connectivity index (χ2n) is 4.12. The van der Waals surface area contributed by atoms with Gasteiger partial charge in [-0.15, -0.1) is 0 Å². The van der Waals surface area contributed by atoms with E-state index in [1.807, 2.05) is 12.1 Å². The summed E-state index contributed by atoms with van der Waals surface area (Å²) in [5.74, 6) is 0. The second-order valence-corrected chi connectivity index (χ2v) is 7.04. The van der Waals surface area contributed by atoms with Crippen LogP contribution in [-0.4, -0.2) is 4.57 Å². The second kappa shape index (κ2) is 6.15. The van der Waals surface area contributed by atoms with E-state index in [0.717, 1.165) is 21.7 Å². The van der Waals surface area contributed by atoms with Crippen LogP contribution in [-0.2, 0) is 0 Å². The molecule has 106 valence electrons. The van der Waals surface area contributed by atoms with Crippen molar-refractivity contribution in [2.24, 2.45) is 4.99 Å². The van der Waals surface area contributed by atoms with Crippen molar-refractivity contribution in [1.29, 1.82) is 0 Å². The summed E-state index contributed by atoms with van der Waals surface area (Å²) < 4.78 is 1.57. The molecule has 1 heterocycles. The average molecular weight is 355 g/mol. The predicted octanol–water partition coefficient (Wildman–Crippen LogP) is 4.50. The molecule has 0 aliphatic carbocycles. The average Bonchev–Trinajstić information content (AvgIpc) is 2.83. The van der Waals surface area contributed by atoms with Crippen molar-refractivity contribution >= 4 is 49.6 Å². The van der Waals surface area contributed by atoms with Crippen LogP contribution in [0.15, 0.2) is 58.3 Å². The maximum Gasteiger partial charge on any atom is 0.323 e. The quantitative estimate of drug-likeness (QED) is 0.623. The van der Waals surface area contributed by atoms with Gasteiger partial charge in [0.15, 0.2) is 0 Å². The van der Waals surface area contributed by atoms with Crippen molar-refractivity contribution in [3.63, 3.8) is 0 Å². The van der Waals surface area contributed by atoms with Gasteiger partial charge in [0.05, 0.1) is 11.4 Å². The Labute approximate surface area is 137 Å². The summed E-state index contributed by atoms with van der Waals surface area (Å²) in [6, 6.07) is 14.2. The van der Waals surface area contributed by atoms with Gasteiger partial charge >= 0.3 is 4.87 Å². The van der Waals surface area contributed by atoms with Crippen LogP contribution in [0.25, 0.3) is 5.69 Å². The lowest BCUT2D eigenvalue weighted by Crippen LogP contribution is -2.22. The third-order valence-electron chi connectivity index (χ3n) is 2.70. The first-order chi connectivity index (χ1) is 10.1. The first-order valence-corrected chi connectivity index (χ1v) is 8.82. The van der Waals surface area contributed by atoms with Crippen LogP contribution in [0, 0.1) is 0 Å². The zero-order valence-electron chi connectivity index (χ0n) is 10.5. The molecule has 0 aliphatic heterocycles. The molecule has 21 heavy (non-hydrogen) atoms. The Morgan fingerprint density at radius 2 is 1.43 bits per heavy atom. The topological polar surface area (TPSA) is 34.4 Å².